The van der Waals surface area contributed by atoms with Gasteiger partial charge < -0.3 is 5.11 Å². The van der Waals surface area contributed by atoms with Gasteiger partial charge in [-0.25, -0.2) is 0 Å². The first-order valence-corrected chi connectivity index (χ1v) is 5.77. The Kier molecular flexibility index (Phi) is 4.90. The number of nitrogens with zero attached hydrogens (tertiary/aromatic N) is 1. The van der Waals surface area contributed by atoms with Crippen LogP contribution < -0.4 is 5.11 Å². The van der Waals surface area contributed by atoms with E-state index in [-0.39, 0.29) is 0 Å². The van der Waals surface area contributed by atoms with Gasteiger partial charge in [-0.15, -0.1) is 0 Å². The van der Waals surface area contributed by atoms with Gasteiger partial charge in [-0.3, -0.25) is 0 Å². The number of rotatable bonds is 6. The van der Waals surface area contributed by atoms with Crippen molar-refractivity contribution in [2.45, 2.75) is 29.9 Å². The van der Waals surface area contributed by atoms with E-state index in [9.17, 15) is 39.9 Å². The molecule has 0 saturated heterocycles. The quantitative estimate of drug-likeness (QED) is 0.420. The third-order valence-electron chi connectivity index (χ3n) is 1.69. The van der Waals surface area contributed by atoms with E-state index in [2.05, 4.69) is 6.92 Å². The summed E-state index contributed by atoms with van der Waals surface area (Å²) in [5.74, 6) is -14.1. The molecule has 0 aliphatic carbocycles. The van der Waals surface area contributed by atoms with E-state index in [0.717, 1.165) is 0 Å². The average molecular weight is 310 g/mol. The van der Waals surface area contributed by atoms with E-state index < -0.39 is 45.9 Å². The lowest BCUT2D eigenvalue weighted by atomic mass is 10.2. The number of hydrogen-bond donors (Lipinski definition) is 0. The normalized spacial score (nSPS) is 15.7. The molecule has 110 valence electrons. The SMILES string of the molecule is [CH]CC/C([O-])=N/S(=O)(=O)C(F)(F)C(F)(F)C([CH])(F)F. The third kappa shape index (κ3) is 3.31. The molecule has 0 unspecified atom stereocenters. The molecular weight excluding hydrogens is 304 g/mol. The number of halogens is 6. The summed E-state index contributed by atoms with van der Waals surface area (Å²) in [6, 6.07) is 0. The first kappa shape index (κ1) is 18.0. The number of sulfonamides is 1. The van der Waals surface area contributed by atoms with E-state index in [4.69, 9.17) is 6.92 Å². The Morgan fingerprint density at radius 2 is 1.58 bits per heavy atom. The smallest absolute Gasteiger partial charge is 0.433 e. The van der Waals surface area contributed by atoms with Crippen molar-refractivity contribution in [3.05, 3.63) is 13.8 Å². The fraction of sp³-hybridized carbons (Fsp3) is 0.625. The molecule has 0 amide bonds. The largest absolute Gasteiger partial charge is 0.861 e. The molecule has 4 nitrogen and oxygen atoms in total. The van der Waals surface area contributed by atoms with E-state index in [1.54, 1.807) is 4.40 Å². The molecular formula is C8H6F6NO3S-. The van der Waals surface area contributed by atoms with Gasteiger partial charge in [0.15, 0.2) is 0 Å². The molecule has 0 aliphatic rings. The molecule has 0 aromatic rings. The van der Waals surface area contributed by atoms with Crippen LogP contribution in [-0.4, -0.2) is 31.4 Å². The van der Waals surface area contributed by atoms with E-state index >= 15 is 0 Å². The maximum atomic E-state index is 12.9. The molecule has 0 heterocycles. The Morgan fingerprint density at radius 1 is 1.16 bits per heavy atom. The van der Waals surface area contributed by atoms with Crippen molar-refractivity contribution in [1.82, 2.24) is 0 Å². The van der Waals surface area contributed by atoms with Crippen LogP contribution in [0.1, 0.15) is 12.8 Å². The summed E-state index contributed by atoms with van der Waals surface area (Å²) < 4.78 is 98.7. The summed E-state index contributed by atoms with van der Waals surface area (Å²) in [5.41, 5.74) is 0. The maximum absolute atomic E-state index is 12.9. The Labute approximate surface area is 105 Å². The van der Waals surface area contributed by atoms with Crippen LogP contribution in [-0.2, 0) is 10.0 Å². The second-order valence-corrected chi connectivity index (χ2v) is 4.86. The summed E-state index contributed by atoms with van der Waals surface area (Å²) in [6.45, 7) is 8.27. The monoisotopic (exact) mass is 310 g/mol. The number of hydrogen-bond acceptors (Lipinski definition) is 3. The molecule has 4 radical (unpaired) electrons. The second-order valence-electron chi connectivity index (χ2n) is 3.21. The Hall–Kier alpha value is -1.00. The van der Waals surface area contributed by atoms with Gasteiger partial charge in [0, 0.05) is 6.92 Å². The summed E-state index contributed by atoms with van der Waals surface area (Å²) >= 11 is 0. The van der Waals surface area contributed by atoms with Crippen molar-refractivity contribution >= 4 is 15.9 Å². The Morgan fingerprint density at radius 3 is 1.89 bits per heavy atom. The van der Waals surface area contributed by atoms with Crippen molar-refractivity contribution in [3.63, 3.8) is 0 Å². The van der Waals surface area contributed by atoms with Crippen LogP contribution >= 0.6 is 0 Å². The lowest BCUT2D eigenvalue weighted by molar-refractivity contribution is -0.260. The molecule has 0 aromatic carbocycles. The van der Waals surface area contributed by atoms with Gasteiger partial charge >= 0.3 is 27.1 Å². The Bertz CT molecular complexity index is 454. The van der Waals surface area contributed by atoms with E-state index in [1.165, 1.54) is 0 Å². The zero-order chi connectivity index (χ0) is 15.7. The van der Waals surface area contributed by atoms with Crippen LogP contribution in [0.3, 0.4) is 0 Å². The maximum Gasteiger partial charge on any atom is 0.433 e. The predicted octanol–water partition coefficient (Wildman–Crippen LogP) is 1.14. The lowest BCUT2D eigenvalue weighted by Crippen LogP contribution is -2.56. The molecule has 0 aliphatic heterocycles. The fourth-order valence-electron chi connectivity index (χ4n) is 0.716. The molecule has 0 rings (SSSR count). The highest BCUT2D eigenvalue weighted by molar-refractivity contribution is 7.91. The first-order valence-electron chi connectivity index (χ1n) is 4.33. The molecule has 19 heavy (non-hydrogen) atoms. The molecule has 0 N–H and O–H groups in total. The standard InChI is InChI=1S/C8H7F6NO3S/c1-3-4-5(16)15-19(17,18)8(13,14)7(11,12)6(2,9)10/h1-2H,3-4H2,(H,15,16)/p-1. The highest BCUT2D eigenvalue weighted by Crippen LogP contribution is 2.48. The molecule has 0 bridgehead atoms. The molecule has 0 fully saturated rings. The van der Waals surface area contributed by atoms with Crippen LogP contribution in [0, 0.1) is 13.8 Å². The third-order valence-corrected chi connectivity index (χ3v) is 3.04. The molecule has 0 aromatic heterocycles. The highest BCUT2D eigenvalue weighted by Gasteiger charge is 2.76. The van der Waals surface area contributed by atoms with Crippen LogP contribution in [0.2, 0.25) is 0 Å². The predicted molar refractivity (Wildman–Crippen MR) is 49.0 cm³/mol. The van der Waals surface area contributed by atoms with E-state index in [1.807, 2.05) is 0 Å². The van der Waals surface area contributed by atoms with Gasteiger partial charge in [0.2, 0.25) is 0 Å². The van der Waals surface area contributed by atoms with Crippen LogP contribution in [0.5, 0.6) is 0 Å². The average Bonchev–Trinajstić information content (AvgIpc) is 2.14. The van der Waals surface area contributed by atoms with Crippen molar-refractivity contribution < 1.29 is 39.9 Å². The van der Waals surface area contributed by atoms with Crippen molar-refractivity contribution in [1.29, 1.82) is 0 Å². The van der Waals surface area contributed by atoms with Gasteiger partial charge in [-0.1, -0.05) is 0 Å². The van der Waals surface area contributed by atoms with Gasteiger partial charge in [-0.05, 0) is 25.7 Å². The summed E-state index contributed by atoms with van der Waals surface area (Å²) in [4.78, 5) is 0. The topological polar surface area (TPSA) is 69.6 Å². The molecule has 0 saturated carbocycles. The van der Waals surface area contributed by atoms with E-state index in [0.29, 0.717) is 0 Å². The molecule has 11 heteroatoms. The molecule has 0 spiro atoms. The molecule has 0 atom stereocenters. The summed E-state index contributed by atoms with van der Waals surface area (Å²) in [7, 11) is -6.55. The van der Waals surface area contributed by atoms with Crippen molar-refractivity contribution in [3.8, 4) is 0 Å². The first-order chi connectivity index (χ1) is 8.20. The van der Waals surface area contributed by atoms with Crippen molar-refractivity contribution in [2.75, 3.05) is 0 Å². The minimum atomic E-state index is -6.55. The highest BCUT2D eigenvalue weighted by atomic mass is 32.2. The minimum Gasteiger partial charge on any atom is -0.861 e. The second kappa shape index (κ2) is 5.17. The van der Waals surface area contributed by atoms with Crippen LogP contribution in [0.4, 0.5) is 26.3 Å². The number of alkyl halides is 6. The van der Waals surface area contributed by atoms with Gasteiger partial charge in [-0.2, -0.15) is 39.2 Å². The van der Waals surface area contributed by atoms with Gasteiger partial charge in [0.1, 0.15) is 0 Å². The zero-order valence-corrected chi connectivity index (χ0v) is 9.73. The lowest BCUT2D eigenvalue weighted by Gasteiger charge is -2.29. The zero-order valence-electron chi connectivity index (χ0n) is 8.92. The van der Waals surface area contributed by atoms with Crippen LogP contribution in [0.15, 0.2) is 4.40 Å². The summed E-state index contributed by atoms with van der Waals surface area (Å²) in [6.07, 6.45) is -1.35. The summed E-state index contributed by atoms with van der Waals surface area (Å²) in [5, 5.41) is 4.30. The van der Waals surface area contributed by atoms with Crippen LogP contribution in [0.25, 0.3) is 0 Å². The fourth-order valence-corrected chi connectivity index (χ4v) is 1.65. The van der Waals surface area contributed by atoms with Gasteiger partial charge in [0.25, 0.3) is 0 Å². The van der Waals surface area contributed by atoms with Crippen molar-refractivity contribution in [2.24, 2.45) is 4.40 Å². The van der Waals surface area contributed by atoms with Gasteiger partial charge in [0.05, 0.1) is 0 Å². The Balaban J connectivity index is 5.73. The minimum absolute atomic E-state index is 0.507.